The van der Waals surface area contributed by atoms with Crippen LogP contribution in [0.1, 0.15) is 42.6 Å². The number of carbonyl (C=O) groups excluding carboxylic acids is 1. The Hall–Kier alpha value is -2.14. The number of carboxylic acids is 1. The van der Waals surface area contributed by atoms with E-state index in [4.69, 9.17) is 5.11 Å². The minimum absolute atomic E-state index is 0.0317. The van der Waals surface area contributed by atoms with Crippen molar-refractivity contribution in [2.45, 2.75) is 45.3 Å². The van der Waals surface area contributed by atoms with Crippen molar-refractivity contribution in [3.8, 4) is 0 Å². The summed E-state index contributed by atoms with van der Waals surface area (Å²) in [6, 6.07) is 6.78. The third kappa shape index (κ3) is 4.68. The Bertz CT molecular complexity index is 606. The number of amides is 1. The maximum Gasteiger partial charge on any atom is 0.335 e. The number of rotatable bonds is 7. The predicted octanol–water partition coefficient (Wildman–Crippen LogP) is 2.49. The number of aliphatic hydroxyl groups excluding tert-OH is 1. The SMILES string of the molecule is CC(C)C(O)/C=C/C1CCC(=O)N1CCc1ccc(C(=O)O)cc1. The third-order valence-electron chi connectivity index (χ3n) is 4.43. The van der Waals surface area contributed by atoms with Crippen molar-refractivity contribution in [2.24, 2.45) is 5.92 Å². The topological polar surface area (TPSA) is 77.8 Å². The van der Waals surface area contributed by atoms with Gasteiger partial charge in [0.15, 0.2) is 0 Å². The van der Waals surface area contributed by atoms with E-state index < -0.39 is 12.1 Å². The first-order valence-electron chi connectivity index (χ1n) is 8.36. The summed E-state index contributed by atoms with van der Waals surface area (Å²) in [5.41, 5.74) is 1.27. The van der Waals surface area contributed by atoms with Gasteiger partial charge in [0.1, 0.15) is 0 Å². The highest BCUT2D eigenvalue weighted by Gasteiger charge is 2.28. The van der Waals surface area contributed by atoms with E-state index in [0.29, 0.717) is 19.4 Å². The first-order chi connectivity index (χ1) is 11.4. The molecule has 1 aromatic rings. The van der Waals surface area contributed by atoms with Crippen LogP contribution in [0.3, 0.4) is 0 Å². The highest BCUT2D eigenvalue weighted by atomic mass is 16.4. The summed E-state index contributed by atoms with van der Waals surface area (Å²) >= 11 is 0. The summed E-state index contributed by atoms with van der Waals surface area (Å²) in [5.74, 6) is -0.657. The van der Waals surface area contributed by atoms with Gasteiger partial charge >= 0.3 is 5.97 Å². The number of hydrogen-bond donors (Lipinski definition) is 2. The van der Waals surface area contributed by atoms with Gasteiger partial charge in [0, 0.05) is 13.0 Å². The van der Waals surface area contributed by atoms with E-state index in [1.807, 2.05) is 24.8 Å². The van der Waals surface area contributed by atoms with Crippen LogP contribution in [0.4, 0.5) is 0 Å². The first kappa shape index (κ1) is 18.2. The molecule has 2 unspecified atom stereocenters. The van der Waals surface area contributed by atoms with Gasteiger partial charge in [-0.1, -0.05) is 38.1 Å². The number of carboxylic acid groups (broad SMARTS) is 1. The number of carbonyl (C=O) groups is 2. The molecule has 1 amide bonds. The van der Waals surface area contributed by atoms with Crippen LogP contribution in [0.25, 0.3) is 0 Å². The molecule has 0 bridgehead atoms. The van der Waals surface area contributed by atoms with Gasteiger partial charge in [-0.3, -0.25) is 4.79 Å². The summed E-state index contributed by atoms with van der Waals surface area (Å²) in [6.07, 6.45) is 5.21. The largest absolute Gasteiger partial charge is 0.478 e. The molecule has 1 heterocycles. The van der Waals surface area contributed by atoms with E-state index in [1.165, 1.54) is 0 Å². The molecule has 2 N–H and O–H groups in total. The molecule has 0 radical (unpaired) electrons. The number of hydrogen-bond acceptors (Lipinski definition) is 3. The summed E-state index contributed by atoms with van der Waals surface area (Å²) in [6.45, 7) is 4.50. The van der Waals surface area contributed by atoms with Crippen molar-refractivity contribution in [3.05, 3.63) is 47.5 Å². The molecular weight excluding hydrogens is 306 g/mol. The molecule has 0 aromatic heterocycles. The lowest BCUT2D eigenvalue weighted by molar-refractivity contribution is -0.128. The normalized spacial score (nSPS) is 19.4. The van der Waals surface area contributed by atoms with E-state index in [-0.39, 0.29) is 23.4 Å². The fraction of sp³-hybridized carbons (Fsp3) is 0.474. The number of likely N-dealkylation sites (tertiary alicyclic amines) is 1. The van der Waals surface area contributed by atoms with Crippen molar-refractivity contribution in [1.82, 2.24) is 4.90 Å². The Morgan fingerprint density at radius 1 is 1.33 bits per heavy atom. The molecule has 5 heteroatoms. The number of aromatic carboxylic acids is 1. The molecule has 1 aromatic carbocycles. The zero-order valence-corrected chi connectivity index (χ0v) is 14.2. The second-order valence-electron chi connectivity index (χ2n) is 6.56. The molecule has 24 heavy (non-hydrogen) atoms. The molecule has 130 valence electrons. The van der Waals surface area contributed by atoms with Gasteiger partial charge in [-0.25, -0.2) is 4.79 Å². The van der Waals surface area contributed by atoms with E-state index in [9.17, 15) is 14.7 Å². The van der Waals surface area contributed by atoms with Crippen molar-refractivity contribution in [2.75, 3.05) is 6.54 Å². The Morgan fingerprint density at radius 3 is 2.58 bits per heavy atom. The second kappa shape index (κ2) is 8.11. The van der Waals surface area contributed by atoms with Crippen molar-refractivity contribution in [1.29, 1.82) is 0 Å². The average Bonchev–Trinajstić information content (AvgIpc) is 2.90. The molecule has 5 nitrogen and oxygen atoms in total. The Morgan fingerprint density at radius 2 is 2.00 bits per heavy atom. The minimum atomic E-state index is -0.940. The van der Waals surface area contributed by atoms with Crippen LogP contribution in [0.2, 0.25) is 0 Å². The highest BCUT2D eigenvalue weighted by molar-refractivity contribution is 5.87. The maximum atomic E-state index is 12.1. The van der Waals surface area contributed by atoms with Gasteiger partial charge in [0.05, 0.1) is 17.7 Å². The number of nitrogens with zero attached hydrogens (tertiary/aromatic N) is 1. The van der Waals surface area contributed by atoms with Crippen LogP contribution >= 0.6 is 0 Å². The van der Waals surface area contributed by atoms with Crippen molar-refractivity contribution < 1.29 is 19.8 Å². The van der Waals surface area contributed by atoms with E-state index in [1.54, 1.807) is 30.3 Å². The van der Waals surface area contributed by atoms with Gasteiger partial charge in [-0.2, -0.15) is 0 Å². The molecule has 1 saturated heterocycles. The maximum absolute atomic E-state index is 12.1. The summed E-state index contributed by atoms with van der Waals surface area (Å²) in [7, 11) is 0. The first-order valence-corrected chi connectivity index (χ1v) is 8.36. The zero-order valence-electron chi connectivity index (χ0n) is 14.2. The lowest BCUT2D eigenvalue weighted by Crippen LogP contribution is -2.33. The quantitative estimate of drug-likeness (QED) is 0.753. The molecule has 2 rings (SSSR count). The van der Waals surface area contributed by atoms with Gasteiger partial charge in [0.25, 0.3) is 0 Å². The molecule has 0 spiro atoms. The van der Waals surface area contributed by atoms with Crippen molar-refractivity contribution in [3.63, 3.8) is 0 Å². The van der Waals surface area contributed by atoms with Crippen LogP contribution in [0.5, 0.6) is 0 Å². The fourth-order valence-electron chi connectivity index (χ4n) is 2.77. The van der Waals surface area contributed by atoms with Crippen LogP contribution in [0, 0.1) is 5.92 Å². The van der Waals surface area contributed by atoms with Crippen LogP contribution in [-0.2, 0) is 11.2 Å². The molecule has 1 fully saturated rings. The summed E-state index contributed by atoms with van der Waals surface area (Å²) in [5, 5.41) is 18.8. The molecule has 1 aliphatic rings. The summed E-state index contributed by atoms with van der Waals surface area (Å²) in [4.78, 5) is 24.8. The van der Waals surface area contributed by atoms with Gasteiger partial charge < -0.3 is 15.1 Å². The molecule has 0 aliphatic carbocycles. The van der Waals surface area contributed by atoms with E-state index in [0.717, 1.165) is 12.0 Å². The lowest BCUT2D eigenvalue weighted by atomic mass is 10.1. The monoisotopic (exact) mass is 331 g/mol. The van der Waals surface area contributed by atoms with E-state index in [2.05, 4.69) is 0 Å². The number of benzene rings is 1. The average molecular weight is 331 g/mol. The second-order valence-corrected chi connectivity index (χ2v) is 6.56. The highest BCUT2D eigenvalue weighted by Crippen LogP contribution is 2.21. The Balaban J connectivity index is 1.96. The van der Waals surface area contributed by atoms with Gasteiger partial charge in [0.2, 0.25) is 5.91 Å². The minimum Gasteiger partial charge on any atom is -0.478 e. The predicted molar refractivity (Wildman–Crippen MR) is 91.8 cm³/mol. The molecule has 2 atom stereocenters. The van der Waals surface area contributed by atoms with E-state index >= 15 is 0 Å². The van der Waals surface area contributed by atoms with Crippen LogP contribution < -0.4 is 0 Å². The van der Waals surface area contributed by atoms with Gasteiger partial charge in [-0.15, -0.1) is 0 Å². The smallest absolute Gasteiger partial charge is 0.335 e. The molecule has 1 aliphatic heterocycles. The Kier molecular flexibility index (Phi) is 6.15. The summed E-state index contributed by atoms with van der Waals surface area (Å²) < 4.78 is 0. The lowest BCUT2D eigenvalue weighted by Gasteiger charge is -2.23. The van der Waals surface area contributed by atoms with Crippen LogP contribution in [0.15, 0.2) is 36.4 Å². The van der Waals surface area contributed by atoms with Gasteiger partial charge in [-0.05, 0) is 36.5 Å². The Labute approximate surface area is 142 Å². The standard InChI is InChI=1S/C19H25NO4/c1-13(2)17(21)9-7-16-8-10-18(22)20(16)12-11-14-3-5-15(6-4-14)19(23)24/h3-7,9,13,16-17,21H,8,10-12H2,1-2H3,(H,23,24)/b9-7+. The number of aliphatic hydroxyl groups is 1. The molecular formula is C19H25NO4. The zero-order chi connectivity index (χ0) is 17.7. The third-order valence-corrected chi connectivity index (χ3v) is 4.43. The molecule has 0 saturated carbocycles. The fourth-order valence-corrected chi connectivity index (χ4v) is 2.77. The van der Waals surface area contributed by atoms with Crippen LogP contribution in [-0.4, -0.2) is 45.7 Å². The van der Waals surface area contributed by atoms with Crippen molar-refractivity contribution >= 4 is 11.9 Å².